The van der Waals surface area contributed by atoms with E-state index in [4.69, 9.17) is 11.6 Å². The lowest BCUT2D eigenvalue weighted by Gasteiger charge is -2.21. The smallest absolute Gasteiger partial charge is 0.0615 e. The number of rotatable bonds is 4. The molecule has 0 amide bonds. The second-order valence-electron chi connectivity index (χ2n) is 4.34. The van der Waals surface area contributed by atoms with Crippen molar-refractivity contribution in [3.8, 4) is 0 Å². The molecular formula is C14H21Cl. The van der Waals surface area contributed by atoms with Gasteiger partial charge in [0.1, 0.15) is 0 Å². The van der Waals surface area contributed by atoms with Crippen molar-refractivity contribution in [3.05, 3.63) is 34.9 Å². The molecule has 0 nitrogen and oxygen atoms in total. The zero-order chi connectivity index (χ0) is 11.4. The Morgan fingerprint density at radius 3 is 2.20 bits per heavy atom. The first kappa shape index (κ1) is 12.6. The van der Waals surface area contributed by atoms with Gasteiger partial charge in [-0.05, 0) is 30.9 Å². The van der Waals surface area contributed by atoms with Crippen molar-refractivity contribution in [1.29, 1.82) is 0 Å². The van der Waals surface area contributed by atoms with E-state index in [-0.39, 0.29) is 5.38 Å². The molecule has 84 valence electrons. The third-order valence-corrected chi connectivity index (χ3v) is 3.78. The molecule has 1 atom stereocenters. The standard InChI is InChI=1S/C14H21Cl/c1-5-12(6-2)14(15)13-8-7-10(3)9-11(13)4/h7-9,12,14H,5-6H2,1-4H3. The van der Waals surface area contributed by atoms with Crippen LogP contribution >= 0.6 is 11.6 Å². The molecule has 0 aliphatic heterocycles. The second kappa shape index (κ2) is 5.55. The summed E-state index contributed by atoms with van der Waals surface area (Å²) in [5, 5.41) is 0.167. The van der Waals surface area contributed by atoms with Crippen LogP contribution in [0.5, 0.6) is 0 Å². The summed E-state index contributed by atoms with van der Waals surface area (Å²) in [5.41, 5.74) is 3.93. The summed E-state index contributed by atoms with van der Waals surface area (Å²) in [6.07, 6.45) is 2.30. The van der Waals surface area contributed by atoms with Crippen molar-refractivity contribution in [1.82, 2.24) is 0 Å². The molecule has 1 aromatic carbocycles. The monoisotopic (exact) mass is 224 g/mol. The fourth-order valence-corrected chi connectivity index (χ4v) is 2.69. The molecule has 1 aromatic rings. The Morgan fingerprint density at radius 2 is 1.73 bits per heavy atom. The van der Waals surface area contributed by atoms with Gasteiger partial charge in [-0.2, -0.15) is 0 Å². The van der Waals surface area contributed by atoms with Gasteiger partial charge in [0.15, 0.2) is 0 Å². The zero-order valence-corrected chi connectivity index (χ0v) is 10.9. The van der Waals surface area contributed by atoms with Crippen LogP contribution in [0.25, 0.3) is 0 Å². The molecule has 0 aliphatic rings. The predicted octanol–water partition coefficient (Wildman–Crippen LogP) is 5.02. The largest absolute Gasteiger partial charge is 0.118 e. The Bertz CT molecular complexity index is 313. The maximum atomic E-state index is 6.53. The van der Waals surface area contributed by atoms with Crippen molar-refractivity contribution in [2.75, 3.05) is 0 Å². The van der Waals surface area contributed by atoms with Crippen LogP contribution in [0.15, 0.2) is 18.2 Å². The van der Waals surface area contributed by atoms with Crippen LogP contribution in [0.1, 0.15) is 48.8 Å². The maximum absolute atomic E-state index is 6.53. The van der Waals surface area contributed by atoms with Gasteiger partial charge in [0.25, 0.3) is 0 Å². The Kier molecular flexibility index (Phi) is 4.66. The van der Waals surface area contributed by atoms with E-state index in [2.05, 4.69) is 45.9 Å². The molecule has 0 N–H and O–H groups in total. The summed E-state index contributed by atoms with van der Waals surface area (Å²) in [6, 6.07) is 6.55. The third kappa shape index (κ3) is 2.98. The molecule has 0 bridgehead atoms. The van der Waals surface area contributed by atoms with Crippen LogP contribution in [0.2, 0.25) is 0 Å². The number of aryl methyl sites for hydroxylation is 2. The van der Waals surface area contributed by atoms with E-state index in [9.17, 15) is 0 Å². The van der Waals surface area contributed by atoms with Crippen LogP contribution in [0.3, 0.4) is 0 Å². The van der Waals surface area contributed by atoms with E-state index in [0.717, 1.165) is 12.8 Å². The molecule has 0 radical (unpaired) electrons. The van der Waals surface area contributed by atoms with Crippen LogP contribution in [0.4, 0.5) is 0 Å². The first-order valence-electron chi connectivity index (χ1n) is 5.81. The van der Waals surface area contributed by atoms with Crippen molar-refractivity contribution in [2.45, 2.75) is 45.9 Å². The number of hydrogen-bond acceptors (Lipinski definition) is 0. The first-order valence-corrected chi connectivity index (χ1v) is 6.25. The lowest BCUT2D eigenvalue weighted by Crippen LogP contribution is -2.07. The van der Waals surface area contributed by atoms with Gasteiger partial charge in [0.2, 0.25) is 0 Å². The molecule has 1 heteroatoms. The van der Waals surface area contributed by atoms with E-state index in [1.54, 1.807) is 0 Å². The van der Waals surface area contributed by atoms with Crippen molar-refractivity contribution >= 4 is 11.6 Å². The number of hydrogen-bond donors (Lipinski definition) is 0. The lowest BCUT2D eigenvalue weighted by atomic mass is 9.91. The average Bonchev–Trinajstić information content (AvgIpc) is 2.19. The fourth-order valence-electron chi connectivity index (χ4n) is 2.09. The molecular weight excluding hydrogens is 204 g/mol. The summed E-state index contributed by atoms with van der Waals surface area (Å²) < 4.78 is 0. The molecule has 1 rings (SSSR count). The van der Waals surface area contributed by atoms with Crippen LogP contribution in [0, 0.1) is 19.8 Å². The van der Waals surface area contributed by atoms with Crippen LogP contribution in [-0.2, 0) is 0 Å². The normalized spacial score (nSPS) is 13.2. The van der Waals surface area contributed by atoms with Gasteiger partial charge in [-0.3, -0.25) is 0 Å². The topological polar surface area (TPSA) is 0 Å². The summed E-state index contributed by atoms with van der Waals surface area (Å²) in [6.45, 7) is 8.71. The van der Waals surface area contributed by atoms with Crippen molar-refractivity contribution < 1.29 is 0 Å². The number of alkyl halides is 1. The first-order chi connectivity index (χ1) is 7.10. The molecule has 15 heavy (non-hydrogen) atoms. The van der Waals surface area contributed by atoms with E-state index in [1.807, 2.05) is 0 Å². The van der Waals surface area contributed by atoms with Gasteiger partial charge < -0.3 is 0 Å². The van der Waals surface area contributed by atoms with Gasteiger partial charge >= 0.3 is 0 Å². The summed E-state index contributed by atoms with van der Waals surface area (Å²) in [5.74, 6) is 0.591. The predicted molar refractivity (Wildman–Crippen MR) is 68.6 cm³/mol. The highest BCUT2D eigenvalue weighted by Crippen LogP contribution is 2.35. The van der Waals surface area contributed by atoms with Crippen LogP contribution < -0.4 is 0 Å². The molecule has 0 saturated carbocycles. The highest BCUT2D eigenvalue weighted by atomic mass is 35.5. The second-order valence-corrected chi connectivity index (χ2v) is 4.81. The SMILES string of the molecule is CCC(CC)C(Cl)c1ccc(C)cc1C. The van der Waals surface area contributed by atoms with Gasteiger partial charge in [-0.15, -0.1) is 11.6 Å². The van der Waals surface area contributed by atoms with E-state index < -0.39 is 0 Å². The summed E-state index contributed by atoms with van der Waals surface area (Å²) in [7, 11) is 0. The molecule has 0 aromatic heterocycles. The minimum absolute atomic E-state index is 0.167. The van der Waals surface area contributed by atoms with Gasteiger partial charge in [0, 0.05) is 0 Å². The number of benzene rings is 1. The molecule has 0 heterocycles. The zero-order valence-electron chi connectivity index (χ0n) is 10.2. The van der Waals surface area contributed by atoms with E-state index >= 15 is 0 Å². The molecule has 0 fully saturated rings. The molecule has 1 unspecified atom stereocenters. The number of halogens is 1. The Hall–Kier alpha value is -0.490. The Balaban J connectivity index is 2.94. The van der Waals surface area contributed by atoms with E-state index in [1.165, 1.54) is 16.7 Å². The van der Waals surface area contributed by atoms with Gasteiger partial charge in [-0.25, -0.2) is 0 Å². The fraction of sp³-hybridized carbons (Fsp3) is 0.571. The third-order valence-electron chi connectivity index (χ3n) is 3.19. The molecule has 0 spiro atoms. The Morgan fingerprint density at radius 1 is 1.13 bits per heavy atom. The minimum atomic E-state index is 0.167. The highest BCUT2D eigenvalue weighted by Gasteiger charge is 2.19. The quantitative estimate of drug-likeness (QED) is 0.630. The van der Waals surface area contributed by atoms with Gasteiger partial charge in [-0.1, -0.05) is 50.5 Å². The Labute approximate surface area is 98.7 Å². The maximum Gasteiger partial charge on any atom is 0.0615 e. The van der Waals surface area contributed by atoms with Gasteiger partial charge in [0.05, 0.1) is 5.38 Å². The molecule has 0 saturated heterocycles. The molecule has 0 aliphatic carbocycles. The summed E-state index contributed by atoms with van der Waals surface area (Å²) in [4.78, 5) is 0. The van der Waals surface area contributed by atoms with Crippen molar-refractivity contribution in [2.24, 2.45) is 5.92 Å². The van der Waals surface area contributed by atoms with E-state index in [0.29, 0.717) is 5.92 Å². The average molecular weight is 225 g/mol. The van der Waals surface area contributed by atoms with Crippen molar-refractivity contribution in [3.63, 3.8) is 0 Å². The highest BCUT2D eigenvalue weighted by molar-refractivity contribution is 6.21. The lowest BCUT2D eigenvalue weighted by molar-refractivity contribution is 0.475. The van der Waals surface area contributed by atoms with Crippen LogP contribution in [-0.4, -0.2) is 0 Å². The minimum Gasteiger partial charge on any atom is -0.118 e. The summed E-state index contributed by atoms with van der Waals surface area (Å²) >= 11 is 6.53.